The summed E-state index contributed by atoms with van der Waals surface area (Å²) in [6, 6.07) is 4.33. The van der Waals surface area contributed by atoms with Crippen molar-refractivity contribution in [3.8, 4) is 0 Å². The third-order valence-corrected chi connectivity index (χ3v) is 2.96. The van der Waals surface area contributed by atoms with Crippen molar-refractivity contribution in [2.75, 3.05) is 13.1 Å². The standard InChI is InChI=1S/C11H11ClFNO2/c12-9-2-1-3-10(13)8(9)4-11(16)14-5-7(15)6-14/h1-3,7,15H,4-6H2. The topological polar surface area (TPSA) is 40.5 Å². The van der Waals surface area contributed by atoms with Crippen LogP contribution in [0.25, 0.3) is 0 Å². The molecule has 3 nitrogen and oxygen atoms in total. The molecule has 0 aromatic heterocycles. The first-order chi connectivity index (χ1) is 7.58. The number of benzene rings is 1. The van der Waals surface area contributed by atoms with E-state index in [1.165, 1.54) is 17.0 Å². The zero-order valence-electron chi connectivity index (χ0n) is 8.49. The van der Waals surface area contributed by atoms with E-state index in [1.54, 1.807) is 6.07 Å². The fourth-order valence-corrected chi connectivity index (χ4v) is 1.85. The highest BCUT2D eigenvalue weighted by Gasteiger charge is 2.29. The van der Waals surface area contributed by atoms with Gasteiger partial charge < -0.3 is 10.0 Å². The van der Waals surface area contributed by atoms with Crippen molar-refractivity contribution in [3.63, 3.8) is 0 Å². The Morgan fingerprint density at radius 3 is 2.81 bits per heavy atom. The Hall–Kier alpha value is -1.13. The number of hydrogen-bond acceptors (Lipinski definition) is 2. The highest BCUT2D eigenvalue weighted by Crippen LogP contribution is 2.21. The molecule has 0 atom stereocenters. The molecule has 1 aliphatic heterocycles. The molecule has 0 bridgehead atoms. The number of β-amino-alcohol motifs (C(OH)–C–C–N with tert-alkyl or cyclic N) is 1. The predicted molar refractivity (Wildman–Crippen MR) is 57.7 cm³/mol. The third kappa shape index (κ3) is 2.18. The van der Waals surface area contributed by atoms with Crippen LogP contribution in [-0.4, -0.2) is 35.1 Å². The number of aliphatic hydroxyl groups is 1. The summed E-state index contributed by atoms with van der Waals surface area (Å²) in [6.45, 7) is 0.649. The number of carbonyl (C=O) groups excluding carboxylic acids is 1. The predicted octanol–water partition coefficient (Wildman–Crippen LogP) is 1.22. The van der Waals surface area contributed by atoms with Crippen LogP contribution >= 0.6 is 11.6 Å². The number of halogens is 2. The number of aliphatic hydroxyl groups excluding tert-OH is 1. The van der Waals surface area contributed by atoms with E-state index in [9.17, 15) is 9.18 Å². The van der Waals surface area contributed by atoms with Crippen molar-refractivity contribution in [3.05, 3.63) is 34.6 Å². The second-order valence-corrected chi connectivity index (χ2v) is 4.24. The Balaban J connectivity index is 2.06. The molecular formula is C11H11ClFNO2. The highest BCUT2D eigenvalue weighted by molar-refractivity contribution is 6.31. The summed E-state index contributed by atoms with van der Waals surface area (Å²) in [5.74, 6) is -0.681. The zero-order chi connectivity index (χ0) is 11.7. The Labute approximate surface area is 97.4 Å². The van der Waals surface area contributed by atoms with Crippen molar-refractivity contribution < 1.29 is 14.3 Å². The maximum atomic E-state index is 13.4. The lowest BCUT2D eigenvalue weighted by molar-refractivity contribution is -0.140. The second kappa shape index (κ2) is 4.39. The maximum Gasteiger partial charge on any atom is 0.227 e. The minimum Gasteiger partial charge on any atom is -0.389 e. The summed E-state index contributed by atoms with van der Waals surface area (Å²) < 4.78 is 13.4. The molecule has 0 unspecified atom stereocenters. The van der Waals surface area contributed by atoms with E-state index in [0.717, 1.165) is 0 Å². The minimum atomic E-state index is -0.470. The molecule has 1 aromatic carbocycles. The average molecular weight is 244 g/mol. The smallest absolute Gasteiger partial charge is 0.227 e. The van der Waals surface area contributed by atoms with Gasteiger partial charge >= 0.3 is 0 Å². The SMILES string of the molecule is O=C(Cc1c(F)cccc1Cl)N1CC(O)C1. The van der Waals surface area contributed by atoms with E-state index in [4.69, 9.17) is 16.7 Å². The molecule has 0 aliphatic carbocycles. The molecule has 86 valence electrons. The monoisotopic (exact) mass is 243 g/mol. The molecule has 0 radical (unpaired) electrons. The Kier molecular flexibility index (Phi) is 3.12. The van der Waals surface area contributed by atoms with Crippen LogP contribution in [0.2, 0.25) is 5.02 Å². The quantitative estimate of drug-likeness (QED) is 0.849. The first kappa shape index (κ1) is 11.4. The van der Waals surface area contributed by atoms with Crippen molar-refractivity contribution in [1.82, 2.24) is 4.90 Å². The average Bonchev–Trinajstić information content (AvgIpc) is 2.19. The van der Waals surface area contributed by atoms with Gasteiger partial charge in [0.2, 0.25) is 5.91 Å². The molecule has 2 rings (SSSR count). The van der Waals surface area contributed by atoms with Gasteiger partial charge in [0.05, 0.1) is 12.5 Å². The van der Waals surface area contributed by atoms with Gasteiger partial charge in [0.15, 0.2) is 0 Å². The maximum absolute atomic E-state index is 13.4. The second-order valence-electron chi connectivity index (χ2n) is 3.83. The van der Waals surface area contributed by atoms with Crippen LogP contribution in [-0.2, 0) is 11.2 Å². The first-order valence-corrected chi connectivity index (χ1v) is 5.34. The van der Waals surface area contributed by atoms with E-state index in [2.05, 4.69) is 0 Å². The van der Waals surface area contributed by atoms with Crippen LogP contribution < -0.4 is 0 Å². The van der Waals surface area contributed by atoms with E-state index in [0.29, 0.717) is 13.1 Å². The zero-order valence-corrected chi connectivity index (χ0v) is 9.25. The van der Waals surface area contributed by atoms with Crippen LogP contribution in [0.5, 0.6) is 0 Å². The number of nitrogens with zero attached hydrogens (tertiary/aromatic N) is 1. The first-order valence-electron chi connectivity index (χ1n) is 4.96. The van der Waals surface area contributed by atoms with Crippen molar-refractivity contribution >= 4 is 17.5 Å². The summed E-state index contributed by atoms with van der Waals surface area (Å²) in [5.41, 5.74) is 0.218. The largest absolute Gasteiger partial charge is 0.389 e. The molecule has 1 fully saturated rings. The summed E-state index contributed by atoms with van der Waals surface area (Å²) in [4.78, 5) is 13.1. The van der Waals surface area contributed by atoms with E-state index in [-0.39, 0.29) is 22.9 Å². The van der Waals surface area contributed by atoms with E-state index < -0.39 is 11.9 Å². The van der Waals surface area contributed by atoms with Gasteiger partial charge in [-0.05, 0) is 12.1 Å². The van der Waals surface area contributed by atoms with Crippen molar-refractivity contribution in [2.24, 2.45) is 0 Å². The number of rotatable bonds is 2. The molecule has 0 saturated carbocycles. The molecule has 0 spiro atoms. The van der Waals surface area contributed by atoms with Crippen molar-refractivity contribution in [2.45, 2.75) is 12.5 Å². The van der Waals surface area contributed by atoms with Gasteiger partial charge in [-0.25, -0.2) is 4.39 Å². The van der Waals surface area contributed by atoms with Crippen LogP contribution in [0.1, 0.15) is 5.56 Å². The van der Waals surface area contributed by atoms with Gasteiger partial charge in [0, 0.05) is 23.7 Å². The highest BCUT2D eigenvalue weighted by atomic mass is 35.5. The molecule has 5 heteroatoms. The summed E-state index contributed by atoms with van der Waals surface area (Å²) >= 11 is 5.81. The molecule has 1 N–H and O–H groups in total. The van der Waals surface area contributed by atoms with Gasteiger partial charge in [-0.1, -0.05) is 17.7 Å². The van der Waals surface area contributed by atoms with E-state index in [1.807, 2.05) is 0 Å². The lowest BCUT2D eigenvalue weighted by Gasteiger charge is -2.36. The Bertz CT molecular complexity index is 398. The molecule has 1 aromatic rings. The fraction of sp³-hybridized carbons (Fsp3) is 0.364. The summed E-state index contributed by atoms with van der Waals surface area (Å²) in [6.07, 6.45) is -0.502. The molecular weight excluding hydrogens is 233 g/mol. The lowest BCUT2D eigenvalue weighted by atomic mass is 10.1. The van der Waals surface area contributed by atoms with Crippen molar-refractivity contribution in [1.29, 1.82) is 0 Å². The number of likely N-dealkylation sites (tertiary alicyclic amines) is 1. The molecule has 1 saturated heterocycles. The van der Waals surface area contributed by atoms with Crippen LogP contribution in [0, 0.1) is 5.82 Å². The third-order valence-electron chi connectivity index (χ3n) is 2.60. The molecule has 1 amide bonds. The van der Waals surface area contributed by atoms with Crippen LogP contribution in [0.15, 0.2) is 18.2 Å². The van der Waals surface area contributed by atoms with Crippen LogP contribution in [0.4, 0.5) is 4.39 Å². The van der Waals surface area contributed by atoms with Crippen LogP contribution in [0.3, 0.4) is 0 Å². The fourth-order valence-electron chi connectivity index (χ4n) is 1.62. The van der Waals surface area contributed by atoms with Gasteiger partial charge in [0.25, 0.3) is 0 Å². The Morgan fingerprint density at radius 2 is 2.25 bits per heavy atom. The van der Waals surface area contributed by atoms with Gasteiger partial charge in [-0.15, -0.1) is 0 Å². The molecule has 1 aliphatic rings. The van der Waals surface area contributed by atoms with Gasteiger partial charge in [0.1, 0.15) is 5.82 Å². The number of hydrogen-bond donors (Lipinski definition) is 1. The summed E-state index contributed by atoms with van der Waals surface area (Å²) in [7, 11) is 0. The molecule has 1 heterocycles. The van der Waals surface area contributed by atoms with Gasteiger partial charge in [-0.3, -0.25) is 4.79 Å². The number of amides is 1. The van der Waals surface area contributed by atoms with Gasteiger partial charge in [-0.2, -0.15) is 0 Å². The number of carbonyl (C=O) groups is 1. The van der Waals surface area contributed by atoms with E-state index >= 15 is 0 Å². The Morgan fingerprint density at radius 1 is 1.56 bits per heavy atom. The summed E-state index contributed by atoms with van der Waals surface area (Å²) in [5, 5.41) is 9.31. The minimum absolute atomic E-state index is 0.0573. The lowest BCUT2D eigenvalue weighted by Crippen LogP contribution is -2.54. The molecule has 16 heavy (non-hydrogen) atoms. The normalized spacial score (nSPS) is 16.1.